The molecule has 1 atom stereocenters. The lowest BCUT2D eigenvalue weighted by Gasteiger charge is -2.42. The molecule has 2 aliphatic rings. The van der Waals surface area contributed by atoms with Crippen molar-refractivity contribution in [3.05, 3.63) is 64.7 Å². The van der Waals surface area contributed by atoms with Crippen molar-refractivity contribution in [1.29, 1.82) is 0 Å². The summed E-state index contributed by atoms with van der Waals surface area (Å²) in [6, 6.07) is 14.3. The second-order valence-electron chi connectivity index (χ2n) is 10.5. The van der Waals surface area contributed by atoms with Gasteiger partial charge in [0.05, 0.1) is 18.6 Å². The van der Waals surface area contributed by atoms with Gasteiger partial charge in [0, 0.05) is 22.8 Å². The van der Waals surface area contributed by atoms with E-state index in [4.69, 9.17) is 16.7 Å². The van der Waals surface area contributed by atoms with E-state index < -0.39 is 18.0 Å². The molecule has 2 fully saturated rings. The molecule has 0 aromatic heterocycles. The first-order valence-corrected chi connectivity index (χ1v) is 13.7. The van der Waals surface area contributed by atoms with E-state index in [2.05, 4.69) is 12.2 Å². The van der Waals surface area contributed by atoms with Gasteiger partial charge in [-0.2, -0.15) is 0 Å². The van der Waals surface area contributed by atoms with Crippen LogP contribution in [0.1, 0.15) is 67.8 Å². The molecule has 1 aliphatic carbocycles. The predicted molar refractivity (Wildman–Crippen MR) is 146 cm³/mol. The van der Waals surface area contributed by atoms with Gasteiger partial charge in [-0.05, 0) is 73.6 Å². The molecule has 9 heteroatoms. The zero-order valence-corrected chi connectivity index (χ0v) is 22.5. The number of aliphatic hydroxyl groups excluding tert-OH is 1. The molecule has 2 aromatic carbocycles. The molecule has 1 spiro atoms. The molecule has 1 unspecified atom stereocenters. The van der Waals surface area contributed by atoms with Crippen LogP contribution in [-0.2, 0) is 11.3 Å². The van der Waals surface area contributed by atoms with E-state index in [0.717, 1.165) is 36.9 Å². The lowest BCUT2D eigenvalue weighted by Crippen LogP contribution is -2.49. The summed E-state index contributed by atoms with van der Waals surface area (Å²) >= 11 is 6.09. The predicted octanol–water partition coefficient (Wildman–Crippen LogP) is 5.08. The number of unbranched alkanes of at least 4 members (excludes halogenated alkanes) is 1. The average Bonchev–Trinajstić information content (AvgIpc) is 3.18. The highest BCUT2D eigenvalue weighted by Crippen LogP contribution is 2.44. The highest BCUT2D eigenvalue weighted by molar-refractivity contribution is 6.30. The minimum absolute atomic E-state index is 0.0243. The molecule has 1 saturated carbocycles. The van der Waals surface area contributed by atoms with Gasteiger partial charge in [0.2, 0.25) is 0 Å². The Morgan fingerprint density at radius 2 is 1.76 bits per heavy atom. The third-order valence-electron chi connectivity index (χ3n) is 7.92. The fourth-order valence-electron chi connectivity index (χ4n) is 5.60. The summed E-state index contributed by atoms with van der Waals surface area (Å²) in [4.78, 5) is 40.8. The summed E-state index contributed by atoms with van der Waals surface area (Å²) < 4.78 is 0. The number of carboxylic acid groups (broad SMARTS) is 1. The van der Waals surface area contributed by atoms with E-state index in [-0.39, 0.29) is 18.1 Å². The van der Waals surface area contributed by atoms with Crippen molar-refractivity contribution in [2.45, 2.75) is 70.1 Å². The number of halogens is 1. The van der Waals surface area contributed by atoms with Crippen molar-refractivity contribution in [3.8, 4) is 0 Å². The number of carbonyl (C=O) groups is 3. The van der Waals surface area contributed by atoms with Crippen LogP contribution in [0.2, 0.25) is 5.02 Å². The second-order valence-corrected chi connectivity index (χ2v) is 10.9. The molecular weight excluding hydrogens is 506 g/mol. The maximum atomic E-state index is 13.8. The lowest BCUT2D eigenvalue weighted by molar-refractivity contribution is -0.146. The van der Waals surface area contributed by atoms with Crippen molar-refractivity contribution in [2.24, 2.45) is 5.92 Å². The third-order valence-corrected chi connectivity index (χ3v) is 8.18. The molecule has 3 N–H and O–H groups in total. The summed E-state index contributed by atoms with van der Waals surface area (Å²) in [5.41, 5.74) is 1.85. The Hall–Kier alpha value is -3.10. The van der Waals surface area contributed by atoms with Crippen LogP contribution in [0.3, 0.4) is 0 Å². The number of aliphatic hydroxyl groups is 1. The molecule has 1 aliphatic heterocycles. The van der Waals surface area contributed by atoms with E-state index in [1.54, 1.807) is 24.3 Å². The van der Waals surface area contributed by atoms with Crippen LogP contribution >= 0.6 is 11.6 Å². The van der Waals surface area contributed by atoms with Gasteiger partial charge in [-0.3, -0.25) is 9.69 Å². The van der Waals surface area contributed by atoms with E-state index in [1.165, 1.54) is 19.3 Å². The highest BCUT2D eigenvalue weighted by atomic mass is 35.5. The normalized spacial score (nSPS) is 22.1. The van der Waals surface area contributed by atoms with Crippen LogP contribution in [0.15, 0.2) is 48.5 Å². The minimum atomic E-state index is -1.66. The van der Waals surface area contributed by atoms with Crippen LogP contribution < -0.4 is 10.2 Å². The molecule has 8 nitrogen and oxygen atoms in total. The number of nitrogens with zero attached hydrogens (tertiary/aromatic N) is 2. The monoisotopic (exact) mass is 541 g/mol. The van der Waals surface area contributed by atoms with Gasteiger partial charge < -0.3 is 20.4 Å². The zero-order chi connectivity index (χ0) is 27.3. The first-order chi connectivity index (χ1) is 18.2. The lowest BCUT2D eigenvalue weighted by atomic mass is 9.74. The van der Waals surface area contributed by atoms with E-state index in [0.29, 0.717) is 29.6 Å². The number of carbonyl (C=O) groups excluding carboxylic acids is 2. The smallest absolute Gasteiger partial charge is 0.334 e. The van der Waals surface area contributed by atoms with Gasteiger partial charge in [-0.1, -0.05) is 49.9 Å². The Morgan fingerprint density at radius 3 is 2.37 bits per heavy atom. The van der Waals surface area contributed by atoms with Crippen LogP contribution in [0.4, 0.5) is 10.5 Å². The number of anilines is 1. The molecule has 1 saturated heterocycles. The van der Waals surface area contributed by atoms with Gasteiger partial charge >= 0.3 is 12.0 Å². The SMILES string of the molecule is CCCCC1CCC2(CC1)CN(c1ccc(Cl)cc1)C(=O)N2Cc1ccc(C(=O)NCC(O)C(=O)O)cc1. The van der Waals surface area contributed by atoms with Crippen LogP contribution in [0.25, 0.3) is 0 Å². The number of hydrogen-bond acceptors (Lipinski definition) is 4. The van der Waals surface area contributed by atoms with E-state index in [1.807, 2.05) is 34.1 Å². The molecule has 0 bridgehead atoms. The van der Waals surface area contributed by atoms with Crippen LogP contribution in [-0.4, -0.2) is 57.8 Å². The number of carboxylic acids is 1. The van der Waals surface area contributed by atoms with Crippen LogP contribution in [0.5, 0.6) is 0 Å². The summed E-state index contributed by atoms with van der Waals surface area (Å²) in [6.07, 6.45) is 6.17. The molecule has 1 heterocycles. The summed E-state index contributed by atoms with van der Waals surface area (Å²) in [7, 11) is 0. The Labute approximate surface area is 228 Å². The summed E-state index contributed by atoms with van der Waals surface area (Å²) in [5, 5.41) is 21.2. The fourth-order valence-corrected chi connectivity index (χ4v) is 5.73. The maximum Gasteiger partial charge on any atom is 0.334 e. The average molecular weight is 542 g/mol. The number of aliphatic carboxylic acids is 1. The Morgan fingerprint density at radius 1 is 1.11 bits per heavy atom. The number of nitrogens with one attached hydrogen (secondary N) is 1. The molecule has 2 aromatic rings. The van der Waals surface area contributed by atoms with Gasteiger partial charge in [0.1, 0.15) is 0 Å². The molecule has 0 radical (unpaired) electrons. The first-order valence-electron chi connectivity index (χ1n) is 13.3. The quantitative estimate of drug-likeness (QED) is 0.388. The van der Waals surface area contributed by atoms with E-state index in [9.17, 15) is 19.5 Å². The Kier molecular flexibility index (Phi) is 8.95. The maximum absolute atomic E-state index is 13.8. The van der Waals surface area contributed by atoms with Gasteiger partial charge in [0.15, 0.2) is 6.10 Å². The zero-order valence-electron chi connectivity index (χ0n) is 21.7. The van der Waals surface area contributed by atoms with Crippen LogP contribution in [0, 0.1) is 5.92 Å². The number of urea groups is 1. The van der Waals surface area contributed by atoms with Crippen molar-refractivity contribution in [1.82, 2.24) is 10.2 Å². The van der Waals surface area contributed by atoms with Crippen molar-refractivity contribution < 1.29 is 24.6 Å². The van der Waals surface area contributed by atoms with Crippen molar-refractivity contribution >= 4 is 35.2 Å². The standard InChI is InChI=1S/C29H36ClN3O5/c1-2-3-4-20-13-15-29(16-14-20)19-32(24-11-9-23(30)10-12-24)28(38)33(29)18-21-5-7-22(8-6-21)26(35)31-17-25(34)27(36)37/h5-12,20,25,34H,2-4,13-19H2,1H3,(H,31,35)(H,36,37). The highest BCUT2D eigenvalue weighted by Gasteiger charge is 2.51. The Balaban J connectivity index is 1.50. The fraction of sp³-hybridized carbons (Fsp3) is 0.483. The number of amides is 3. The van der Waals surface area contributed by atoms with Gasteiger partial charge in [-0.25, -0.2) is 9.59 Å². The Bertz CT molecular complexity index is 1130. The first kappa shape index (κ1) is 27.9. The molecule has 4 rings (SSSR count). The number of rotatable bonds is 10. The second kappa shape index (κ2) is 12.2. The summed E-state index contributed by atoms with van der Waals surface area (Å²) in [5.74, 6) is -1.15. The van der Waals surface area contributed by atoms with E-state index >= 15 is 0 Å². The number of benzene rings is 2. The number of hydrogen-bond donors (Lipinski definition) is 3. The van der Waals surface area contributed by atoms with Gasteiger partial charge in [0.25, 0.3) is 5.91 Å². The minimum Gasteiger partial charge on any atom is -0.479 e. The van der Waals surface area contributed by atoms with Crippen molar-refractivity contribution in [2.75, 3.05) is 18.0 Å². The van der Waals surface area contributed by atoms with Crippen molar-refractivity contribution in [3.63, 3.8) is 0 Å². The molecule has 204 valence electrons. The molecular formula is C29H36ClN3O5. The largest absolute Gasteiger partial charge is 0.479 e. The van der Waals surface area contributed by atoms with Gasteiger partial charge in [-0.15, -0.1) is 0 Å². The topological polar surface area (TPSA) is 110 Å². The molecule has 3 amide bonds. The third kappa shape index (κ3) is 6.30. The summed E-state index contributed by atoms with van der Waals surface area (Å²) in [6.45, 7) is 2.92. The molecule has 38 heavy (non-hydrogen) atoms.